The lowest BCUT2D eigenvalue weighted by Crippen LogP contribution is -2.26. The maximum absolute atomic E-state index is 12.7. The summed E-state index contributed by atoms with van der Waals surface area (Å²) in [7, 11) is 0. The predicted octanol–water partition coefficient (Wildman–Crippen LogP) is 2.78. The van der Waals surface area contributed by atoms with Gasteiger partial charge in [-0.15, -0.1) is 0 Å². The van der Waals surface area contributed by atoms with Gasteiger partial charge in [0.15, 0.2) is 0 Å². The maximum atomic E-state index is 12.7. The highest BCUT2D eigenvalue weighted by molar-refractivity contribution is 7.96. The Bertz CT molecular complexity index is 629. The molecule has 112 valence electrons. The summed E-state index contributed by atoms with van der Waals surface area (Å²) < 4.78 is 38.1. The number of hydrogen-bond donors (Lipinski definition) is 3. The fourth-order valence-corrected chi connectivity index (χ4v) is 1.98. The van der Waals surface area contributed by atoms with E-state index in [0.29, 0.717) is 11.3 Å². The van der Waals surface area contributed by atoms with Crippen LogP contribution in [0.4, 0.5) is 23.7 Å². The first-order valence-corrected chi connectivity index (χ1v) is 6.29. The van der Waals surface area contributed by atoms with Crippen LogP contribution in [0.2, 0.25) is 0 Å². The van der Waals surface area contributed by atoms with Crippen LogP contribution in [0.3, 0.4) is 0 Å². The highest BCUT2D eigenvalue weighted by Gasteiger charge is 2.31. The molecule has 0 saturated heterocycles. The molecule has 21 heavy (non-hydrogen) atoms. The topological polar surface area (TPSA) is 70.6 Å². The molecule has 2 rings (SSSR count). The molecule has 2 N–H and O–H groups in total. The van der Waals surface area contributed by atoms with E-state index in [0.717, 1.165) is 12.1 Å². The molecule has 9 heteroatoms. The number of nitrogens with one attached hydrogen (secondary N) is 2. The molecule has 0 unspecified atom stereocenters. The van der Waals surface area contributed by atoms with Gasteiger partial charge in [-0.3, -0.25) is 9.59 Å². The summed E-state index contributed by atoms with van der Waals surface area (Å²) in [4.78, 5) is 22.1. The van der Waals surface area contributed by atoms with E-state index in [2.05, 4.69) is 28.5 Å². The Kier molecular flexibility index (Phi) is 4.21. The van der Waals surface area contributed by atoms with E-state index in [4.69, 9.17) is 0 Å². The number of nitrogens with zero attached hydrogens (tertiary/aromatic N) is 1. The van der Waals surface area contributed by atoms with Gasteiger partial charge in [-0.1, -0.05) is 18.7 Å². The molecule has 2 amide bonds. The smallest absolute Gasteiger partial charge is 0.316 e. The monoisotopic (exact) mass is 317 g/mol. The van der Waals surface area contributed by atoms with Crippen molar-refractivity contribution in [2.75, 3.05) is 5.32 Å². The molecular formula is C12H10F3N3O2S. The van der Waals surface area contributed by atoms with Crippen LogP contribution >= 0.6 is 12.6 Å². The van der Waals surface area contributed by atoms with Gasteiger partial charge in [0.1, 0.15) is 0 Å². The van der Waals surface area contributed by atoms with E-state index >= 15 is 0 Å². The molecule has 0 atom stereocenters. The van der Waals surface area contributed by atoms with Crippen molar-refractivity contribution in [1.82, 2.24) is 5.43 Å². The third-order valence-electron chi connectivity index (χ3n) is 2.80. The summed E-state index contributed by atoms with van der Waals surface area (Å²) in [5.41, 5.74) is 2.00. The van der Waals surface area contributed by atoms with Crippen molar-refractivity contribution in [3.63, 3.8) is 0 Å². The molecule has 1 aromatic carbocycles. The third kappa shape index (κ3) is 3.75. The largest absolute Gasteiger partial charge is 0.416 e. The third-order valence-corrected chi connectivity index (χ3v) is 2.92. The second-order valence-corrected chi connectivity index (χ2v) is 4.69. The molecule has 1 aromatic rings. The van der Waals surface area contributed by atoms with Crippen LogP contribution in [0.15, 0.2) is 23.3 Å². The van der Waals surface area contributed by atoms with Gasteiger partial charge in [-0.2, -0.15) is 18.3 Å². The van der Waals surface area contributed by atoms with Crippen molar-refractivity contribution in [1.29, 1.82) is 0 Å². The van der Waals surface area contributed by atoms with E-state index in [1.807, 2.05) is 0 Å². The van der Waals surface area contributed by atoms with Gasteiger partial charge in [-0.05, 0) is 12.1 Å². The minimum Gasteiger partial charge on any atom is -0.316 e. The summed E-state index contributed by atoms with van der Waals surface area (Å²) >= 11 is 3.50. The minimum atomic E-state index is -4.53. The van der Waals surface area contributed by atoms with Crippen LogP contribution in [0.25, 0.3) is 0 Å². The number of halogens is 3. The first kappa shape index (κ1) is 15.4. The van der Waals surface area contributed by atoms with Crippen molar-refractivity contribution in [2.45, 2.75) is 19.0 Å². The molecule has 0 spiro atoms. The number of amides is 2. The summed E-state index contributed by atoms with van der Waals surface area (Å²) in [6.07, 6.45) is -4.09. The second-order valence-electron chi connectivity index (χ2n) is 4.28. The number of anilines is 1. The Morgan fingerprint density at radius 1 is 1.33 bits per heavy atom. The number of rotatable bonds is 2. The molecule has 1 heterocycles. The molecule has 0 bridgehead atoms. The number of alkyl halides is 3. The fraction of sp³-hybridized carbons (Fsp3) is 0.250. The predicted molar refractivity (Wildman–Crippen MR) is 73.4 cm³/mol. The zero-order valence-electron chi connectivity index (χ0n) is 10.5. The van der Waals surface area contributed by atoms with Crippen LogP contribution in [0, 0.1) is 0 Å². The molecule has 0 radical (unpaired) electrons. The molecule has 0 fully saturated rings. The summed E-state index contributed by atoms with van der Waals surface area (Å²) in [5, 5.41) is 5.23. The summed E-state index contributed by atoms with van der Waals surface area (Å²) in [6.45, 7) is 0. The van der Waals surface area contributed by atoms with Crippen molar-refractivity contribution < 1.29 is 22.8 Å². The van der Waals surface area contributed by atoms with Gasteiger partial charge < -0.3 is 5.32 Å². The zero-order valence-corrected chi connectivity index (χ0v) is 11.4. The number of thiol groups is 1. The molecule has 1 aliphatic heterocycles. The van der Waals surface area contributed by atoms with Crippen LogP contribution in [-0.2, 0) is 11.0 Å². The Balaban J connectivity index is 2.45. The maximum Gasteiger partial charge on any atom is 0.416 e. The summed E-state index contributed by atoms with van der Waals surface area (Å²) in [6, 6.07) is 2.91. The van der Waals surface area contributed by atoms with Crippen molar-refractivity contribution in [3.8, 4) is 0 Å². The standard InChI is InChI=1S/C12H10F3N3O2S/c13-12(14,15)6-1-2-7(9(5-6)16-11(20)21)8-3-4-10(19)18-17-8/h1-2,5H,3-4H2,(H,18,19)(H2,16,20,21). The average Bonchev–Trinajstić information content (AvgIpc) is 2.38. The molecular weight excluding hydrogens is 307 g/mol. The normalized spacial score (nSPS) is 15.2. The number of carbonyl (C=O) groups excluding carboxylic acids is 2. The highest BCUT2D eigenvalue weighted by Crippen LogP contribution is 2.33. The lowest BCUT2D eigenvalue weighted by Gasteiger charge is -2.17. The first-order valence-electron chi connectivity index (χ1n) is 5.84. The van der Waals surface area contributed by atoms with Gasteiger partial charge in [-0.25, -0.2) is 5.43 Å². The number of carbonyl (C=O) groups is 2. The van der Waals surface area contributed by atoms with Crippen LogP contribution < -0.4 is 10.7 Å². The van der Waals surface area contributed by atoms with Crippen LogP contribution in [-0.4, -0.2) is 16.9 Å². The van der Waals surface area contributed by atoms with Crippen molar-refractivity contribution >= 4 is 35.2 Å². The van der Waals surface area contributed by atoms with E-state index in [1.165, 1.54) is 6.07 Å². The molecule has 0 saturated carbocycles. The van der Waals surface area contributed by atoms with E-state index < -0.39 is 17.0 Å². The number of hydrogen-bond acceptors (Lipinski definition) is 3. The Morgan fingerprint density at radius 2 is 2.05 bits per heavy atom. The Labute approximate surface area is 123 Å². The van der Waals surface area contributed by atoms with Crippen LogP contribution in [0.5, 0.6) is 0 Å². The fourth-order valence-electron chi connectivity index (χ4n) is 1.86. The van der Waals surface area contributed by atoms with Crippen LogP contribution in [0.1, 0.15) is 24.0 Å². The molecule has 5 nitrogen and oxygen atoms in total. The number of hydrazone groups is 1. The van der Waals surface area contributed by atoms with Gasteiger partial charge in [0.2, 0.25) is 5.91 Å². The lowest BCUT2D eigenvalue weighted by molar-refractivity contribution is -0.137. The van der Waals surface area contributed by atoms with Gasteiger partial charge in [0.25, 0.3) is 5.24 Å². The van der Waals surface area contributed by atoms with Gasteiger partial charge in [0.05, 0.1) is 17.0 Å². The highest BCUT2D eigenvalue weighted by atomic mass is 32.1. The SMILES string of the molecule is O=C(S)Nc1cc(C(F)(F)F)ccc1C1=NNC(=O)CC1. The first-order chi connectivity index (χ1) is 9.77. The second kappa shape index (κ2) is 5.76. The molecule has 0 aliphatic carbocycles. The average molecular weight is 317 g/mol. The molecule has 0 aromatic heterocycles. The van der Waals surface area contributed by atoms with Crippen molar-refractivity contribution in [2.24, 2.45) is 5.10 Å². The Morgan fingerprint density at radius 3 is 2.57 bits per heavy atom. The lowest BCUT2D eigenvalue weighted by atomic mass is 10.0. The van der Waals surface area contributed by atoms with E-state index in [1.54, 1.807) is 0 Å². The molecule has 1 aliphatic rings. The van der Waals surface area contributed by atoms with Crippen molar-refractivity contribution in [3.05, 3.63) is 29.3 Å². The zero-order chi connectivity index (χ0) is 15.6. The number of benzene rings is 1. The van der Waals surface area contributed by atoms with E-state index in [-0.39, 0.29) is 24.4 Å². The Hall–Kier alpha value is -2.03. The van der Waals surface area contributed by atoms with Gasteiger partial charge in [0, 0.05) is 18.4 Å². The van der Waals surface area contributed by atoms with E-state index in [9.17, 15) is 22.8 Å². The minimum absolute atomic E-state index is 0.0558. The quantitative estimate of drug-likeness (QED) is 0.734. The summed E-state index contributed by atoms with van der Waals surface area (Å²) in [5.74, 6) is -0.273. The van der Waals surface area contributed by atoms with Gasteiger partial charge >= 0.3 is 6.18 Å².